The van der Waals surface area contributed by atoms with Gasteiger partial charge in [-0.15, -0.1) is 0 Å². The summed E-state index contributed by atoms with van der Waals surface area (Å²) in [6.45, 7) is 5.80. The highest BCUT2D eigenvalue weighted by molar-refractivity contribution is 7.89. The predicted molar refractivity (Wildman–Crippen MR) is 83.2 cm³/mol. The molecule has 22 heavy (non-hydrogen) atoms. The normalized spacial score (nSPS) is 11.6. The average Bonchev–Trinajstić information content (AvgIpc) is 2.41. The first-order chi connectivity index (χ1) is 10.2. The molecule has 0 amide bonds. The Balaban J connectivity index is 2.65. The number of rotatable bonds is 9. The van der Waals surface area contributed by atoms with E-state index in [4.69, 9.17) is 9.88 Å². The lowest BCUT2D eigenvalue weighted by Gasteiger charge is -2.09. The van der Waals surface area contributed by atoms with E-state index < -0.39 is 14.9 Å². The molecule has 0 aliphatic rings. The van der Waals surface area contributed by atoms with Crippen molar-refractivity contribution in [1.29, 1.82) is 0 Å². The highest BCUT2D eigenvalue weighted by Crippen LogP contribution is 2.27. The number of nitrogens with one attached hydrogen (secondary N) is 1. The van der Waals surface area contributed by atoms with Gasteiger partial charge in [-0.3, -0.25) is 10.1 Å². The number of nitro groups is 1. The Morgan fingerprint density at radius 1 is 1.41 bits per heavy atom. The molecule has 9 heteroatoms. The van der Waals surface area contributed by atoms with E-state index >= 15 is 0 Å². The van der Waals surface area contributed by atoms with Crippen LogP contribution in [0.15, 0.2) is 23.1 Å². The molecule has 0 radical (unpaired) electrons. The van der Waals surface area contributed by atoms with E-state index in [1.54, 1.807) is 0 Å². The van der Waals surface area contributed by atoms with E-state index in [1.807, 2.05) is 0 Å². The Kier molecular flexibility index (Phi) is 6.72. The number of anilines is 1. The van der Waals surface area contributed by atoms with Gasteiger partial charge in [0.05, 0.1) is 9.82 Å². The number of nitrogens with zero attached hydrogens (tertiary/aromatic N) is 1. The SMILES string of the molecule is CC(C)COCCCNc1ccc(S(N)(=O)=O)cc1[N+](=O)[O-]. The van der Waals surface area contributed by atoms with Crippen LogP contribution >= 0.6 is 0 Å². The van der Waals surface area contributed by atoms with Crippen molar-refractivity contribution in [3.05, 3.63) is 28.3 Å². The minimum Gasteiger partial charge on any atom is -0.381 e. The summed E-state index contributed by atoms with van der Waals surface area (Å²) in [5, 5.41) is 18.9. The second-order valence-corrected chi connectivity index (χ2v) is 6.79. The largest absolute Gasteiger partial charge is 0.381 e. The first-order valence-electron chi connectivity index (χ1n) is 6.84. The molecule has 0 aromatic heterocycles. The summed E-state index contributed by atoms with van der Waals surface area (Å²) in [5.41, 5.74) is -0.0733. The number of sulfonamides is 1. The van der Waals surface area contributed by atoms with E-state index in [0.717, 1.165) is 6.07 Å². The summed E-state index contributed by atoms with van der Waals surface area (Å²) >= 11 is 0. The van der Waals surface area contributed by atoms with Crippen LogP contribution in [0.25, 0.3) is 0 Å². The summed E-state index contributed by atoms with van der Waals surface area (Å²) in [4.78, 5) is 10.1. The van der Waals surface area contributed by atoms with Crippen molar-refractivity contribution < 1.29 is 18.1 Å². The van der Waals surface area contributed by atoms with E-state index in [0.29, 0.717) is 32.1 Å². The lowest BCUT2D eigenvalue weighted by Crippen LogP contribution is -2.13. The minimum atomic E-state index is -3.97. The van der Waals surface area contributed by atoms with Crippen LogP contribution in [0.3, 0.4) is 0 Å². The van der Waals surface area contributed by atoms with E-state index in [2.05, 4.69) is 19.2 Å². The van der Waals surface area contributed by atoms with Gasteiger partial charge in [0.15, 0.2) is 0 Å². The molecule has 3 N–H and O–H groups in total. The van der Waals surface area contributed by atoms with E-state index in [1.165, 1.54) is 12.1 Å². The van der Waals surface area contributed by atoms with Gasteiger partial charge >= 0.3 is 0 Å². The third kappa shape index (κ3) is 5.96. The maximum absolute atomic E-state index is 11.2. The van der Waals surface area contributed by atoms with Crippen molar-refractivity contribution in [2.45, 2.75) is 25.2 Å². The van der Waals surface area contributed by atoms with Crippen LogP contribution in [0.5, 0.6) is 0 Å². The Hall–Kier alpha value is -1.71. The molecule has 1 aromatic rings. The van der Waals surface area contributed by atoms with Crippen molar-refractivity contribution >= 4 is 21.4 Å². The minimum absolute atomic E-state index is 0.251. The van der Waals surface area contributed by atoms with Crippen molar-refractivity contribution in [3.63, 3.8) is 0 Å². The maximum Gasteiger partial charge on any atom is 0.293 e. The molecular weight excluding hydrogens is 310 g/mol. The Morgan fingerprint density at radius 3 is 2.64 bits per heavy atom. The fourth-order valence-corrected chi connectivity index (χ4v) is 2.24. The highest BCUT2D eigenvalue weighted by atomic mass is 32.2. The van der Waals surface area contributed by atoms with E-state index in [-0.39, 0.29) is 16.3 Å². The smallest absolute Gasteiger partial charge is 0.293 e. The second-order valence-electron chi connectivity index (χ2n) is 5.23. The second kappa shape index (κ2) is 8.06. The zero-order chi connectivity index (χ0) is 16.8. The number of ether oxygens (including phenoxy) is 1. The number of hydrogen-bond donors (Lipinski definition) is 2. The fraction of sp³-hybridized carbons (Fsp3) is 0.538. The Morgan fingerprint density at radius 2 is 2.09 bits per heavy atom. The zero-order valence-corrected chi connectivity index (χ0v) is 13.4. The molecular formula is C13H21N3O5S. The van der Waals surface area contributed by atoms with Crippen LogP contribution < -0.4 is 10.5 Å². The van der Waals surface area contributed by atoms with Gasteiger partial charge in [-0.05, 0) is 24.5 Å². The summed E-state index contributed by atoms with van der Waals surface area (Å²) in [6.07, 6.45) is 0.681. The fourth-order valence-electron chi connectivity index (χ4n) is 1.71. The average molecular weight is 331 g/mol. The molecule has 1 aromatic carbocycles. The van der Waals surface area contributed by atoms with Crippen LogP contribution in [0.1, 0.15) is 20.3 Å². The van der Waals surface area contributed by atoms with Crippen molar-refractivity contribution in [2.75, 3.05) is 25.1 Å². The number of nitrogens with two attached hydrogens (primary N) is 1. The molecule has 0 saturated heterocycles. The topological polar surface area (TPSA) is 125 Å². The van der Waals surface area contributed by atoms with Gasteiger partial charge in [0.1, 0.15) is 5.69 Å². The molecule has 0 heterocycles. The Bertz CT molecular complexity index is 616. The monoisotopic (exact) mass is 331 g/mol. The summed E-state index contributed by atoms with van der Waals surface area (Å²) < 4.78 is 27.9. The molecule has 0 aliphatic heterocycles. The van der Waals surface area contributed by atoms with Gasteiger partial charge in [-0.1, -0.05) is 13.8 Å². The molecule has 0 fully saturated rings. The van der Waals surface area contributed by atoms with Crippen molar-refractivity contribution in [2.24, 2.45) is 11.1 Å². The van der Waals surface area contributed by atoms with Crippen LogP contribution in [0, 0.1) is 16.0 Å². The molecule has 0 saturated carbocycles. The highest BCUT2D eigenvalue weighted by Gasteiger charge is 2.18. The zero-order valence-electron chi connectivity index (χ0n) is 12.6. The first kappa shape index (κ1) is 18.3. The van der Waals surface area contributed by atoms with Crippen molar-refractivity contribution in [1.82, 2.24) is 0 Å². The summed E-state index contributed by atoms with van der Waals surface area (Å²) in [7, 11) is -3.97. The van der Waals surface area contributed by atoms with E-state index in [9.17, 15) is 18.5 Å². The number of benzene rings is 1. The van der Waals surface area contributed by atoms with Gasteiger partial charge in [-0.2, -0.15) is 0 Å². The standard InChI is InChI=1S/C13H21N3O5S/c1-10(2)9-21-7-3-6-15-12-5-4-11(22(14,19)20)8-13(12)16(17)18/h4-5,8,10,15H,3,6-7,9H2,1-2H3,(H2,14,19,20). The maximum atomic E-state index is 11.2. The van der Waals surface area contributed by atoms with Gasteiger partial charge in [0.25, 0.3) is 5.69 Å². The molecule has 0 bridgehead atoms. The molecule has 8 nitrogen and oxygen atoms in total. The molecule has 1 rings (SSSR count). The van der Waals surface area contributed by atoms with Gasteiger partial charge < -0.3 is 10.1 Å². The quantitative estimate of drug-likeness (QED) is 0.403. The van der Waals surface area contributed by atoms with Gasteiger partial charge in [0, 0.05) is 25.8 Å². The van der Waals surface area contributed by atoms with Crippen LogP contribution in [-0.2, 0) is 14.8 Å². The lowest BCUT2D eigenvalue weighted by molar-refractivity contribution is -0.384. The van der Waals surface area contributed by atoms with Crippen LogP contribution in [-0.4, -0.2) is 33.1 Å². The Labute approximate surface area is 129 Å². The number of nitro benzene ring substituents is 1. The first-order valence-corrected chi connectivity index (χ1v) is 8.39. The summed E-state index contributed by atoms with van der Waals surface area (Å²) in [5.74, 6) is 0.458. The molecule has 0 unspecified atom stereocenters. The molecule has 124 valence electrons. The van der Waals surface area contributed by atoms with Crippen LogP contribution in [0.4, 0.5) is 11.4 Å². The van der Waals surface area contributed by atoms with Gasteiger partial charge in [0.2, 0.25) is 10.0 Å². The molecule has 0 atom stereocenters. The lowest BCUT2D eigenvalue weighted by atomic mass is 10.2. The third-order valence-electron chi connectivity index (χ3n) is 2.73. The third-order valence-corrected chi connectivity index (χ3v) is 3.64. The van der Waals surface area contributed by atoms with Crippen molar-refractivity contribution in [3.8, 4) is 0 Å². The van der Waals surface area contributed by atoms with Crippen LogP contribution in [0.2, 0.25) is 0 Å². The predicted octanol–water partition coefficient (Wildman–Crippen LogP) is 1.72. The number of primary sulfonamides is 1. The number of hydrogen-bond acceptors (Lipinski definition) is 6. The molecule has 0 spiro atoms. The molecule has 0 aliphatic carbocycles. The van der Waals surface area contributed by atoms with Gasteiger partial charge in [-0.25, -0.2) is 13.6 Å². The summed E-state index contributed by atoms with van der Waals surface area (Å²) in [6, 6.07) is 3.53.